The Kier molecular flexibility index (Phi) is 5.27. The summed E-state index contributed by atoms with van der Waals surface area (Å²) in [6.45, 7) is 2.28. The van der Waals surface area contributed by atoms with Crippen LogP contribution in [0.4, 0.5) is 0 Å². The van der Waals surface area contributed by atoms with Crippen LogP contribution in [0, 0.1) is 0 Å². The van der Waals surface area contributed by atoms with Crippen LogP contribution in [0.15, 0.2) is 23.9 Å². The summed E-state index contributed by atoms with van der Waals surface area (Å²) in [5, 5.41) is 10.4. The molecular weight excluding hydrogens is 356 g/mol. The van der Waals surface area contributed by atoms with Gasteiger partial charge in [-0.2, -0.15) is 0 Å². The molecule has 1 aliphatic heterocycles. The zero-order chi connectivity index (χ0) is 18.7. The van der Waals surface area contributed by atoms with Crippen molar-refractivity contribution < 1.29 is 24.2 Å². The van der Waals surface area contributed by atoms with Gasteiger partial charge in [-0.15, -0.1) is 11.3 Å². The average molecular weight is 376 g/mol. The van der Waals surface area contributed by atoms with E-state index in [9.17, 15) is 14.7 Å². The summed E-state index contributed by atoms with van der Waals surface area (Å²) in [6.07, 6.45) is 2.07. The molecule has 1 unspecified atom stereocenters. The molecule has 0 saturated carbocycles. The molecule has 0 aliphatic carbocycles. The van der Waals surface area contributed by atoms with Crippen molar-refractivity contribution in [3.63, 3.8) is 0 Å². The van der Waals surface area contributed by atoms with E-state index >= 15 is 0 Å². The lowest BCUT2D eigenvalue weighted by Crippen LogP contribution is -2.55. The number of aromatic nitrogens is 1. The quantitative estimate of drug-likeness (QED) is 0.776. The number of hydrogen-bond acceptors (Lipinski definition) is 7. The Morgan fingerprint density at radius 2 is 2.27 bits per heavy atom. The van der Waals surface area contributed by atoms with Gasteiger partial charge in [-0.25, -0.2) is 14.6 Å². The predicted molar refractivity (Wildman–Crippen MR) is 96.9 cm³/mol. The van der Waals surface area contributed by atoms with Gasteiger partial charge in [-0.05, 0) is 44.4 Å². The monoisotopic (exact) mass is 376 g/mol. The van der Waals surface area contributed by atoms with E-state index in [4.69, 9.17) is 9.47 Å². The van der Waals surface area contributed by atoms with Gasteiger partial charge in [0.25, 0.3) is 5.72 Å². The van der Waals surface area contributed by atoms with E-state index in [2.05, 4.69) is 4.98 Å². The zero-order valence-corrected chi connectivity index (χ0v) is 15.5. The Balaban J connectivity index is 2.20. The van der Waals surface area contributed by atoms with Crippen LogP contribution in [-0.4, -0.2) is 47.2 Å². The van der Waals surface area contributed by atoms with Crippen LogP contribution in [0.2, 0.25) is 0 Å². The van der Waals surface area contributed by atoms with E-state index in [-0.39, 0.29) is 11.6 Å². The normalized spacial score (nSPS) is 17.0. The number of thiazole rings is 1. The van der Waals surface area contributed by atoms with E-state index in [1.54, 1.807) is 26.2 Å². The van der Waals surface area contributed by atoms with Crippen molar-refractivity contribution in [2.45, 2.75) is 31.9 Å². The maximum absolute atomic E-state index is 12.4. The second-order valence-corrected chi connectivity index (χ2v) is 6.92. The first kappa shape index (κ1) is 18.4. The first-order valence-electron chi connectivity index (χ1n) is 8.40. The third kappa shape index (κ3) is 2.96. The fourth-order valence-electron chi connectivity index (χ4n) is 3.20. The number of nitrogens with zero attached hydrogens (tertiary/aromatic N) is 2. The van der Waals surface area contributed by atoms with Crippen LogP contribution < -0.4 is 4.74 Å². The summed E-state index contributed by atoms with van der Waals surface area (Å²) in [5.41, 5.74) is -0.868. The fourth-order valence-corrected chi connectivity index (χ4v) is 4.34. The molecule has 7 nitrogen and oxygen atoms in total. The molecule has 1 aromatic carbocycles. The molecule has 0 radical (unpaired) electrons. The van der Waals surface area contributed by atoms with Crippen LogP contribution in [0.5, 0.6) is 5.75 Å². The minimum absolute atomic E-state index is 0.161. The number of aliphatic carboxylic acids is 1. The first-order chi connectivity index (χ1) is 12.6. The Labute approximate surface area is 154 Å². The molecule has 138 valence electrons. The van der Waals surface area contributed by atoms with E-state index in [0.717, 1.165) is 17.5 Å². The second-order valence-electron chi connectivity index (χ2n) is 5.89. The molecule has 8 heteroatoms. The van der Waals surface area contributed by atoms with Gasteiger partial charge < -0.3 is 19.5 Å². The molecule has 2 aromatic rings. The third-order valence-electron chi connectivity index (χ3n) is 4.40. The zero-order valence-electron chi connectivity index (χ0n) is 14.7. The third-order valence-corrected chi connectivity index (χ3v) is 5.51. The highest BCUT2D eigenvalue weighted by molar-refractivity contribution is 7.18. The molecule has 1 aliphatic rings. The molecule has 3 rings (SSSR count). The largest absolute Gasteiger partial charge is 0.497 e. The maximum Gasteiger partial charge on any atom is 0.365 e. The first-order valence-corrected chi connectivity index (χ1v) is 9.22. The minimum atomic E-state index is -1.83. The lowest BCUT2D eigenvalue weighted by Gasteiger charge is -2.42. The number of ether oxygens (including phenoxy) is 2. The number of likely N-dealkylation sites (tertiary alicyclic amines) is 1. The standard InChI is InChI=1S/C18H20N2O5S/c1-3-25-18(17(22)23,20-9-5-4-6-12(20)11-21)16-19-14-8-7-13(24-2)10-15(14)26-16/h7-8,10H,3-6,9H2,1-2H3,(H,22,23). The number of allylic oxidation sites excluding steroid dienone is 1. The predicted octanol–water partition coefficient (Wildman–Crippen LogP) is 2.78. The lowest BCUT2D eigenvalue weighted by molar-refractivity contribution is -0.197. The lowest BCUT2D eigenvalue weighted by atomic mass is 10.0. The van der Waals surface area contributed by atoms with Gasteiger partial charge in [-0.1, -0.05) is 0 Å². The molecule has 1 N–H and O–H groups in total. The highest BCUT2D eigenvalue weighted by atomic mass is 32.1. The smallest absolute Gasteiger partial charge is 0.365 e. The van der Waals surface area contributed by atoms with Gasteiger partial charge in [0.05, 0.1) is 17.3 Å². The number of methoxy groups -OCH3 is 1. The summed E-state index contributed by atoms with van der Waals surface area (Å²) in [5.74, 6) is 1.37. The molecule has 1 saturated heterocycles. The van der Waals surface area contributed by atoms with Crippen molar-refractivity contribution in [3.05, 3.63) is 28.9 Å². The van der Waals surface area contributed by atoms with Crippen molar-refractivity contribution in [2.24, 2.45) is 0 Å². The van der Waals surface area contributed by atoms with E-state index in [1.807, 2.05) is 12.0 Å². The Morgan fingerprint density at radius 1 is 1.46 bits per heavy atom. The Hall–Kier alpha value is -2.41. The van der Waals surface area contributed by atoms with Gasteiger partial charge in [0.2, 0.25) is 0 Å². The van der Waals surface area contributed by atoms with Crippen molar-refractivity contribution in [2.75, 3.05) is 20.3 Å². The second kappa shape index (κ2) is 7.45. The van der Waals surface area contributed by atoms with Crippen molar-refractivity contribution in [1.82, 2.24) is 9.88 Å². The summed E-state index contributed by atoms with van der Waals surface area (Å²) in [7, 11) is 1.57. The summed E-state index contributed by atoms with van der Waals surface area (Å²) in [6, 6.07) is 5.35. The average Bonchev–Trinajstić information content (AvgIpc) is 3.09. The molecule has 0 bridgehead atoms. The van der Waals surface area contributed by atoms with Gasteiger partial charge in [-0.3, -0.25) is 0 Å². The number of carboxylic acids is 1. The topological polar surface area (TPSA) is 89.0 Å². The molecule has 26 heavy (non-hydrogen) atoms. The van der Waals surface area contributed by atoms with Gasteiger partial charge >= 0.3 is 5.97 Å². The van der Waals surface area contributed by atoms with Gasteiger partial charge in [0.15, 0.2) is 5.01 Å². The Bertz CT molecular complexity index is 874. The van der Waals surface area contributed by atoms with Gasteiger partial charge in [0, 0.05) is 13.2 Å². The number of carboxylic acid groups (broad SMARTS) is 1. The van der Waals surface area contributed by atoms with Crippen LogP contribution in [0.1, 0.15) is 31.2 Å². The SMILES string of the molecule is CCOC(C(=O)O)(c1nc2ccc(OC)cc2s1)N1CCCCC1=C=O. The van der Waals surface area contributed by atoms with Crippen LogP contribution in [0.25, 0.3) is 10.2 Å². The molecule has 0 spiro atoms. The van der Waals surface area contributed by atoms with Crippen LogP contribution in [-0.2, 0) is 20.1 Å². The number of benzene rings is 1. The number of carbonyl (C=O) groups is 1. The Morgan fingerprint density at radius 3 is 2.92 bits per heavy atom. The number of carbonyl (C=O) groups excluding carboxylic acids is 1. The van der Waals surface area contributed by atoms with E-state index in [0.29, 0.717) is 29.9 Å². The molecular formula is C18H20N2O5S. The molecule has 2 heterocycles. The summed E-state index contributed by atoms with van der Waals surface area (Å²) in [4.78, 5) is 29.9. The number of piperidine rings is 1. The molecule has 0 amide bonds. The number of fused-ring (bicyclic) bond motifs is 1. The number of hydrogen-bond donors (Lipinski definition) is 1. The van der Waals surface area contributed by atoms with Crippen molar-refractivity contribution in [3.8, 4) is 5.75 Å². The molecule has 1 aromatic heterocycles. The highest BCUT2D eigenvalue weighted by Gasteiger charge is 2.52. The molecule has 1 fully saturated rings. The van der Waals surface area contributed by atoms with E-state index in [1.165, 1.54) is 16.2 Å². The minimum Gasteiger partial charge on any atom is -0.497 e. The van der Waals surface area contributed by atoms with Crippen LogP contribution >= 0.6 is 11.3 Å². The fraction of sp³-hybridized carbons (Fsp3) is 0.444. The highest BCUT2D eigenvalue weighted by Crippen LogP contribution is 2.41. The van der Waals surface area contributed by atoms with Crippen molar-refractivity contribution in [1.29, 1.82) is 0 Å². The maximum atomic E-state index is 12.4. The summed E-state index contributed by atoms with van der Waals surface area (Å²) >= 11 is 1.23. The van der Waals surface area contributed by atoms with Crippen LogP contribution in [0.3, 0.4) is 0 Å². The molecule has 1 atom stereocenters. The van der Waals surface area contributed by atoms with E-state index < -0.39 is 11.7 Å². The van der Waals surface area contributed by atoms with Crippen molar-refractivity contribution >= 4 is 33.5 Å². The number of rotatable bonds is 6. The summed E-state index contributed by atoms with van der Waals surface area (Å²) < 4.78 is 11.8. The van der Waals surface area contributed by atoms with Gasteiger partial charge in [0.1, 0.15) is 17.4 Å².